The Bertz CT molecular complexity index is 1300. The zero-order chi connectivity index (χ0) is 18.5. The van der Waals surface area contributed by atoms with Gasteiger partial charge in [0.25, 0.3) is 0 Å². The van der Waals surface area contributed by atoms with Crippen molar-refractivity contribution < 1.29 is 0 Å². The van der Waals surface area contributed by atoms with Crippen molar-refractivity contribution in [3.63, 3.8) is 0 Å². The van der Waals surface area contributed by atoms with E-state index in [4.69, 9.17) is 0 Å². The monoisotopic (exact) mass is 358 g/mol. The molecule has 0 unspecified atom stereocenters. The molecule has 0 fully saturated rings. The standard InChI is InChI=1S/C28H22/c1-3-11-22-19(7-1)9-5-13-24(22)26-14-6-10-21-16-17-25-23-12-4-2-8-20(23)15-18-27(25)28(21)26/h1,3-7,9-14,16-17H,2,8,15,18H2. The fourth-order valence-electron chi connectivity index (χ4n) is 5.18. The first-order chi connectivity index (χ1) is 13.9. The Kier molecular flexibility index (Phi) is 3.52. The molecule has 6 rings (SSSR count). The molecular weight excluding hydrogens is 336 g/mol. The third-order valence-electron chi connectivity index (χ3n) is 6.48. The molecule has 0 radical (unpaired) electrons. The zero-order valence-corrected chi connectivity index (χ0v) is 15.9. The molecule has 0 aromatic heterocycles. The lowest BCUT2D eigenvalue weighted by Gasteiger charge is -2.26. The molecule has 0 nitrogen and oxygen atoms in total. The summed E-state index contributed by atoms with van der Waals surface area (Å²) in [6.07, 6.45) is 9.49. The first-order valence-electron chi connectivity index (χ1n) is 10.3. The fraction of sp³-hybridized carbons (Fsp3) is 0.143. The Morgan fingerprint density at radius 3 is 2.36 bits per heavy atom. The molecule has 0 heteroatoms. The Labute approximate surface area is 165 Å². The number of allylic oxidation sites excluding steroid dienone is 4. The van der Waals surface area contributed by atoms with Gasteiger partial charge >= 0.3 is 0 Å². The molecule has 0 N–H and O–H groups in total. The summed E-state index contributed by atoms with van der Waals surface area (Å²) in [5.41, 5.74) is 8.84. The second-order valence-electron chi connectivity index (χ2n) is 7.98. The van der Waals surface area contributed by atoms with Gasteiger partial charge in [-0.25, -0.2) is 0 Å². The van der Waals surface area contributed by atoms with Crippen molar-refractivity contribution in [2.45, 2.75) is 25.7 Å². The van der Waals surface area contributed by atoms with Crippen LogP contribution in [0.5, 0.6) is 0 Å². The second kappa shape index (κ2) is 6.21. The van der Waals surface area contributed by atoms with Crippen LogP contribution in [-0.2, 0) is 6.42 Å². The van der Waals surface area contributed by atoms with Gasteiger partial charge in [0, 0.05) is 0 Å². The van der Waals surface area contributed by atoms with Crippen LogP contribution in [-0.4, -0.2) is 0 Å². The average Bonchev–Trinajstić information content (AvgIpc) is 2.78. The van der Waals surface area contributed by atoms with E-state index in [-0.39, 0.29) is 0 Å². The third-order valence-corrected chi connectivity index (χ3v) is 6.48. The SMILES string of the molecule is C1=CC2=C(CC1)CCc1c2ccc2cccc(-c3cccc4ccccc34)c12. The minimum atomic E-state index is 1.15. The number of fused-ring (bicyclic) bond motifs is 5. The van der Waals surface area contributed by atoms with Crippen LogP contribution in [0, 0.1) is 0 Å². The molecule has 4 aromatic rings. The van der Waals surface area contributed by atoms with Gasteiger partial charge in [-0.05, 0) is 75.1 Å². The molecular formula is C28H22. The van der Waals surface area contributed by atoms with E-state index in [1.54, 1.807) is 5.57 Å². The van der Waals surface area contributed by atoms with Crippen molar-refractivity contribution in [1.29, 1.82) is 0 Å². The zero-order valence-electron chi connectivity index (χ0n) is 15.9. The molecule has 0 amide bonds. The fourth-order valence-corrected chi connectivity index (χ4v) is 5.18. The lowest BCUT2D eigenvalue weighted by Crippen LogP contribution is -2.07. The van der Waals surface area contributed by atoms with Crippen LogP contribution in [0.25, 0.3) is 38.2 Å². The van der Waals surface area contributed by atoms with Gasteiger partial charge in [-0.2, -0.15) is 0 Å². The van der Waals surface area contributed by atoms with E-state index in [1.165, 1.54) is 68.6 Å². The van der Waals surface area contributed by atoms with Gasteiger partial charge in [-0.1, -0.05) is 90.5 Å². The Balaban J connectivity index is 1.69. The second-order valence-corrected chi connectivity index (χ2v) is 7.98. The normalized spacial score (nSPS) is 15.7. The third kappa shape index (κ3) is 2.31. The topological polar surface area (TPSA) is 0 Å². The molecule has 0 spiro atoms. The highest BCUT2D eigenvalue weighted by Crippen LogP contribution is 2.43. The average molecular weight is 358 g/mol. The van der Waals surface area contributed by atoms with E-state index in [1.807, 2.05) is 0 Å². The summed E-state index contributed by atoms with van der Waals surface area (Å²) in [7, 11) is 0. The summed E-state index contributed by atoms with van der Waals surface area (Å²) >= 11 is 0. The van der Waals surface area contributed by atoms with Crippen LogP contribution >= 0.6 is 0 Å². The first-order valence-corrected chi connectivity index (χ1v) is 10.3. The summed E-state index contributed by atoms with van der Waals surface area (Å²) in [5, 5.41) is 5.44. The predicted octanol–water partition coefficient (Wildman–Crippen LogP) is 7.71. The molecule has 0 atom stereocenters. The van der Waals surface area contributed by atoms with Crippen LogP contribution in [0.1, 0.15) is 30.4 Å². The first kappa shape index (κ1) is 15.9. The maximum Gasteiger partial charge on any atom is -0.00668 e. The number of benzene rings is 4. The van der Waals surface area contributed by atoms with E-state index in [0.29, 0.717) is 0 Å². The van der Waals surface area contributed by atoms with Gasteiger partial charge in [0.05, 0.1) is 0 Å². The number of hydrogen-bond donors (Lipinski definition) is 0. The van der Waals surface area contributed by atoms with Crippen molar-refractivity contribution >= 4 is 27.1 Å². The van der Waals surface area contributed by atoms with E-state index in [2.05, 4.69) is 84.9 Å². The number of hydrogen-bond acceptors (Lipinski definition) is 0. The van der Waals surface area contributed by atoms with Gasteiger partial charge in [0.2, 0.25) is 0 Å². The molecule has 0 bridgehead atoms. The quantitative estimate of drug-likeness (QED) is 0.327. The molecule has 0 aliphatic heterocycles. The lowest BCUT2D eigenvalue weighted by atomic mass is 9.78. The highest BCUT2D eigenvalue weighted by Gasteiger charge is 2.22. The summed E-state index contributed by atoms with van der Waals surface area (Å²) in [6.45, 7) is 0. The molecule has 4 aromatic carbocycles. The van der Waals surface area contributed by atoms with E-state index < -0.39 is 0 Å². The van der Waals surface area contributed by atoms with Crippen LogP contribution in [0.4, 0.5) is 0 Å². The molecule has 2 aliphatic rings. The number of rotatable bonds is 1. The molecule has 134 valence electrons. The van der Waals surface area contributed by atoms with Crippen molar-refractivity contribution in [2.24, 2.45) is 0 Å². The van der Waals surface area contributed by atoms with Crippen LogP contribution in [0.3, 0.4) is 0 Å². The highest BCUT2D eigenvalue weighted by atomic mass is 14.3. The Hall–Kier alpha value is -3.12. The van der Waals surface area contributed by atoms with E-state index in [9.17, 15) is 0 Å². The smallest absolute Gasteiger partial charge is 0.00668 e. The maximum atomic E-state index is 2.36. The predicted molar refractivity (Wildman–Crippen MR) is 121 cm³/mol. The van der Waals surface area contributed by atoms with Crippen LogP contribution in [0.2, 0.25) is 0 Å². The summed E-state index contributed by atoms with van der Waals surface area (Å²) < 4.78 is 0. The summed E-state index contributed by atoms with van der Waals surface area (Å²) in [6, 6.07) is 26.9. The van der Waals surface area contributed by atoms with Crippen molar-refractivity contribution in [1.82, 2.24) is 0 Å². The number of aryl methyl sites for hydroxylation is 1. The van der Waals surface area contributed by atoms with E-state index in [0.717, 1.165) is 6.42 Å². The van der Waals surface area contributed by atoms with Crippen molar-refractivity contribution in [2.75, 3.05) is 0 Å². The van der Waals surface area contributed by atoms with Crippen molar-refractivity contribution in [3.05, 3.63) is 102 Å². The minimum Gasteiger partial charge on any atom is -0.0836 e. The Morgan fingerprint density at radius 2 is 1.39 bits per heavy atom. The van der Waals surface area contributed by atoms with Crippen LogP contribution < -0.4 is 0 Å². The molecule has 2 aliphatic carbocycles. The minimum absolute atomic E-state index is 1.15. The Morgan fingerprint density at radius 1 is 0.571 bits per heavy atom. The molecule has 0 saturated carbocycles. The van der Waals surface area contributed by atoms with Gasteiger partial charge < -0.3 is 0 Å². The molecule has 0 heterocycles. The van der Waals surface area contributed by atoms with Gasteiger partial charge in [0.15, 0.2) is 0 Å². The van der Waals surface area contributed by atoms with Gasteiger partial charge in [-0.3, -0.25) is 0 Å². The van der Waals surface area contributed by atoms with Gasteiger partial charge in [-0.15, -0.1) is 0 Å². The van der Waals surface area contributed by atoms with Crippen molar-refractivity contribution in [3.8, 4) is 11.1 Å². The largest absolute Gasteiger partial charge is 0.0836 e. The maximum absolute atomic E-state index is 2.36. The molecule has 0 saturated heterocycles. The van der Waals surface area contributed by atoms with Gasteiger partial charge in [0.1, 0.15) is 0 Å². The molecule has 28 heavy (non-hydrogen) atoms. The summed E-state index contributed by atoms with van der Waals surface area (Å²) in [4.78, 5) is 0. The highest BCUT2D eigenvalue weighted by molar-refractivity contribution is 6.08. The van der Waals surface area contributed by atoms with Crippen LogP contribution in [0.15, 0.2) is 90.5 Å². The van der Waals surface area contributed by atoms with E-state index >= 15 is 0 Å². The lowest BCUT2D eigenvalue weighted by molar-refractivity contribution is 0.831. The summed E-state index contributed by atoms with van der Waals surface area (Å²) in [5.74, 6) is 0.